The Morgan fingerprint density at radius 1 is 1.33 bits per heavy atom. The van der Waals surface area contributed by atoms with Crippen LogP contribution in [0.25, 0.3) is 0 Å². The van der Waals surface area contributed by atoms with E-state index in [4.69, 9.17) is 5.73 Å². The molecule has 80 valence electrons. The van der Waals surface area contributed by atoms with E-state index in [9.17, 15) is 22.8 Å². The lowest BCUT2D eigenvalue weighted by molar-refractivity contribution is -0.137. The SMILES string of the molecule is NC(=O)c1cccc(C(F)(F)F)c1C=O. The summed E-state index contributed by atoms with van der Waals surface area (Å²) in [7, 11) is 0. The van der Waals surface area contributed by atoms with Gasteiger partial charge in [-0.15, -0.1) is 0 Å². The minimum Gasteiger partial charge on any atom is -0.366 e. The average molecular weight is 217 g/mol. The monoisotopic (exact) mass is 217 g/mol. The Kier molecular flexibility index (Phi) is 2.78. The standard InChI is InChI=1S/C9H6F3NO2/c10-9(11,12)7-3-1-2-5(8(13)15)6(7)4-14/h1-4H,(H2,13,15). The van der Waals surface area contributed by atoms with Gasteiger partial charge in [-0.25, -0.2) is 0 Å². The van der Waals surface area contributed by atoms with Crippen LogP contribution in [0, 0.1) is 0 Å². The van der Waals surface area contributed by atoms with Gasteiger partial charge in [-0.1, -0.05) is 6.07 Å². The molecule has 0 fully saturated rings. The number of hydrogen-bond donors (Lipinski definition) is 1. The topological polar surface area (TPSA) is 60.2 Å². The highest BCUT2D eigenvalue weighted by atomic mass is 19.4. The molecule has 1 amide bonds. The van der Waals surface area contributed by atoms with Crippen LogP contribution < -0.4 is 5.73 Å². The highest BCUT2D eigenvalue weighted by Gasteiger charge is 2.34. The molecule has 6 heteroatoms. The summed E-state index contributed by atoms with van der Waals surface area (Å²) in [6.07, 6.45) is -4.70. The minimum absolute atomic E-state index is 0.0249. The van der Waals surface area contributed by atoms with Gasteiger partial charge in [0.15, 0.2) is 6.29 Å². The smallest absolute Gasteiger partial charge is 0.366 e. The van der Waals surface area contributed by atoms with E-state index in [2.05, 4.69) is 0 Å². The summed E-state index contributed by atoms with van der Waals surface area (Å²) >= 11 is 0. The number of alkyl halides is 3. The lowest BCUT2D eigenvalue weighted by atomic mass is 10.0. The predicted molar refractivity (Wildman–Crippen MR) is 45.3 cm³/mol. The van der Waals surface area contributed by atoms with Crippen molar-refractivity contribution in [1.29, 1.82) is 0 Å². The molecule has 1 rings (SSSR count). The molecule has 0 unspecified atom stereocenters. The van der Waals surface area contributed by atoms with Crippen LogP contribution >= 0.6 is 0 Å². The molecule has 15 heavy (non-hydrogen) atoms. The summed E-state index contributed by atoms with van der Waals surface area (Å²) in [5.74, 6) is -1.07. The Labute approximate surface area is 82.7 Å². The maximum Gasteiger partial charge on any atom is 0.417 e. The predicted octanol–water partition coefficient (Wildman–Crippen LogP) is 1.62. The van der Waals surface area contributed by atoms with E-state index >= 15 is 0 Å². The summed E-state index contributed by atoms with van der Waals surface area (Å²) in [5.41, 5.74) is 2.52. The second-order valence-electron chi connectivity index (χ2n) is 2.75. The van der Waals surface area contributed by atoms with Gasteiger partial charge in [0.05, 0.1) is 11.1 Å². The lowest BCUT2D eigenvalue weighted by Gasteiger charge is -2.10. The Balaban J connectivity index is 3.48. The van der Waals surface area contributed by atoms with E-state index in [1.54, 1.807) is 0 Å². The number of nitrogens with two attached hydrogens (primary N) is 1. The summed E-state index contributed by atoms with van der Waals surface area (Å²) in [6.45, 7) is 0. The molecule has 0 saturated heterocycles. The quantitative estimate of drug-likeness (QED) is 0.765. The van der Waals surface area contributed by atoms with Crippen molar-refractivity contribution in [2.45, 2.75) is 6.18 Å². The highest BCUT2D eigenvalue weighted by Crippen LogP contribution is 2.32. The van der Waals surface area contributed by atoms with Crippen LogP contribution in [0.15, 0.2) is 18.2 Å². The molecule has 0 heterocycles. The minimum atomic E-state index is -4.68. The summed E-state index contributed by atoms with van der Waals surface area (Å²) in [6, 6.07) is 2.81. The number of amides is 1. The van der Waals surface area contributed by atoms with Gasteiger partial charge in [0.25, 0.3) is 0 Å². The number of halogens is 3. The molecule has 3 nitrogen and oxygen atoms in total. The van der Waals surface area contributed by atoms with E-state index in [1.165, 1.54) is 0 Å². The molecular weight excluding hydrogens is 211 g/mol. The van der Waals surface area contributed by atoms with Gasteiger partial charge in [0.1, 0.15) is 0 Å². The van der Waals surface area contributed by atoms with Gasteiger partial charge in [0, 0.05) is 5.56 Å². The zero-order valence-electron chi connectivity index (χ0n) is 7.34. The van der Waals surface area contributed by atoms with Crippen molar-refractivity contribution >= 4 is 12.2 Å². The molecule has 1 aromatic carbocycles. The Morgan fingerprint density at radius 3 is 2.33 bits per heavy atom. The Hall–Kier alpha value is -1.85. The molecule has 0 atom stereocenters. The van der Waals surface area contributed by atoms with Gasteiger partial charge in [-0.05, 0) is 12.1 Å². The molecular formula is C9H6F3NO2. The van der Waals surface area contributed by atoms with E-state index < -0.39 is 28.8 Å². The first-order valence-electron chi connectivity index (χ1n) is 3.83. The number of aldehydes is 1. The first kappa shape index (κ1) is 11.2. The zero-order chi connectivity index (χ0) is 11.6. The fraction of sp³-hybridized carbons (Fsp3) is 0.111. The number of carbonyl (C=O) groups is 2. The molecule has 2 N–H and O–H groups in total. The van der Waals surface area contributed by atoms with E-state index in [0.717, 1.165) is 18.2 Å². The number of benzene rings is 1. The third-order valence-electron chi connectivity index (χ3n) is 1.79. The van der Waals surface area contributed by atoms with Crippen molar-refractivity contribution in [2.24, 2.45) is 5.73 Å². The van der Waals surface area contributed by atoms with Crippen molar-refractivity contribution in [3.05, 3.63) is 34.9 Å². The highest BCUT2D eigenvalue weighted by molar-refractivity contribution is 6.01. The maximum absolute atomic E-state index is 12.4. The van der Waals surface area contributed by atoms with Crippen LogP contribution in [0.3, 0.4) is 0 Å². The molecule has 0 aliphatic rings. The number of primary amides is 1. The molecule has 0 spiro atoms. The van der Waals surface area contributed by atoms with Crippen LogP contribution in [0.2, 0.25) is 0 Å². The summed E-state index contributed by atoms with van der Waals surface area (Å²) < 4.78 is 37.1. The average Bonchev–Trinajstić information content (AvgIpc) is 2.15. The van der Waals surface area contributed by atoms with Gasteiger partial charge in [-0.3, -0.25) is 9.59 Å². The number of rotatable bonds is 2. The van der Waals surface area contributed by atoms with Gasteiger partial charge >= 0.3 is 6.18 Å². The van der Waals surface area contributed by atoms with Crippen molar-refractivity contribution in [3.8, 4) is 0 Å². The second kappa shape index (κ2) is 3.72. The van der Waals surface area contributed by atoms with Crippen LogP contribution in [0.4, 0.5) is 13.2 Å². The van der Waals surface area contributed by atoms with Gasteiger partial charge < -0.3 is 5.73 Å². The van der Waals surface area contributed by atoms with Gasteiger partial charge in [0.2, 0.25) is 5.91 Å². The molecule has 0 aromatic heterocycles. The van der Waals surface area contributed by atoms with Gasteiger partial charge in [-0.2, -0.15) is 13.2 Å². The molecule has 0 bridgehead atoms. The van der Waals surface area contributed by atoms with Crippen molar-refractivity contribution in [2.75, 3.05) is 0 Å². The number of hydrogen-bond acceptors (Lipinski definition) is 2. The zero-order valence-corrected chi connectivity index (χ0v) is 7.34. The molecule has 0 radical (unpaired) electrons. The van der Waals surface area contributed by atoms with E-state index in [0.29, 0.717) is 0 Å². The van der Waals surface area contributed by atoms with Crippen molar-refractivity contribution in [1.82, 2.24) is 0 Å². The van der Waals surface area contributed by atoms with Crippen LogP contribution in [0.5, 0.6) is 0 Å². The van der Waals surface area contributed by atoms with Crippen LogP contribution in [-0.4, -0.2) is 12.2 Å². The van der Waals surface area contributed by atoms with E-state index in [-0.39, 0.29) is 6.29 Å². The molecule has 0 aliphatic carbocycles. The molecule has 0 saturated carbocycles. The lowest BCUT2D eigenvalue weighted by Crippen LogP contribution is -2.18. The maximum atomic E-state index is 12.4. The third-order valence-corrected chi connectivity index (χ3v) is 1.79. The first-order valence-corrected chi connectivity index (χ1v) is 3.83. The largest absolute Gasteiger partial charge is 0.417 e. The Bertz CT molecular complexity index is 412. The number of carbonyl (C=O) groups excluding carboxylic acids is 2. The van der Waals surface area contributed by atoms with Crippen LogP contribution in [0.1, 0.15) is 26.3 Å². The fourth-order valence-electron chi connectivity index (χ4n) is 1.15. The first-order chi connectivity index (χ1) is 6.88. The molecule has 1 aromatic rings. The van der Waals surface area contributed by atoms with E-state index in [1.807, 2.05) is 0 Å². The third kappa shape index (κ3) is 2.15. The van der Waals surface area contributed by atoms with Crippen molar-refractivity contribution in [3.63, 3.8) is 0 Å². The fourth-order valence-corrected chi connectivity index (χ4v) is 1.15. The Morgan fingerprint density at radius 2 is 1.93 bits per heavy atom. The summed E-state index contributed by atoms with van der Waals surface area (Å²) in [4.78, 5) is 21.2. The van der Waals surface area contributed by atoms with Crippen LogP contribution in [-0.2, 0) is 6.18 Å². The summed E-state index contributed by atoms with van der Waals surface area (Å²) in [5, 5.41) is 0. The molecule has 0 aliphatic heterocycles. The van der Waals surface area contributed by atoms with Crippen molar-refractivity contribution < 1.29 is 22.8 Å². The second-order valence-corrected chi connectivity index (χ2v) is 2.75. The normalized spacial score (nSPS) is 11.1.